The Hall–Kier alpha value is -1.55. The number of nitrogens with zero attached hydrogens (tertiary/aromatic N) is 3. The number of carbonyl (C=O) groups excluding carboxylic acids is 1. The number of hydrogen-bond acceptors (Lipinski definition) is 3. The van der Waals surface area contributed by atoms with Crippen molar-refractivity contribution in [2.75, 3.05) is 26.2 Å². The van der Waals surface area contributed by atoms with Crippen LogP contribution in [-0.2, 0) is 17.1 Å². The van der Waals surface area contributed by atoms with Crippen LogP contribution in [0.15, 0.2) is 17.2 Å². The van der Waals surface area contributed by atoms with Crippen molar-refractivity contribution in [2.24, 2.45) is 7.05 Å². The number of carbonyl (C=O) groups is 1. The molecule has 26 heavy (non-hydrogen) atoms. The van der Waals surface area contributed by atoms with Gasteiger partial charge in [-0.15, -0.1) is 0 Å². The van der Waals surface area contributed by atoms with Gasteiger partial charge in [0.05, 0.1) is 0 Å². The Morgan fingerprint density at radius 1 is 1.27 bits per heavy atom. The van der Waals surface area contributed by atoms with E-state index in [0.717, 1.165) is 17.7 Å². The van der Waals surface area contributed by atoms with E-state index in [2.05, 4.69) is 0 Å². The van der Waals surface area contributed by atoms with Gasteiger partial charge in [0.25, 0.3) is 5.91 Å². The van der Waals surface area contributed by atoms with Crippen molar-refractivity contribution < 1.29 is 26.4 Å². The third-order valence-corrected chi connectivity index (χ3v) is 6.20. The number of alkyl halides is 3. The first-order valence-electron chi connectivity index (χ1n) is 8.59. The van der Waals surface area contributed by atoms with Crippen LogP contribution in [-0.4, -0.2) is 60.5 Å². The molecule has 0 unspecified atom stereocenters. The molecule has 0 bridgehead atoms. The summed E-state index contributed by atoms with van der Waals surface area (Å²) in [6.45, 7) is 1.26. The first-order valence-corrected chi connectivity index (χ1v) is 10.0. The number of rotatable bonds is 7. The van der Waals surface area contributed by atoms with Crippen molar-refractivity contribution in [3.63, 3.8) is 0 Å². The molecule has 1 aromatic heterocycles. The molecular weight excluding hydrogens is 371 g/mol. The van der Waals surface area contributed by atoms with Gasteiger partial charge in [-0.25, -0.2) is 8.42 Å². The molecule has 0 N–H and O–H groups in total. The molecule has 0 radical (unpaired) electrons. The molecule has 1 aliphatic rings. The van der Waals surface area contributed by atoms with Crippen molar-refractivity contribution >= 4 is 15.9 Å². The van der Waals surface area contributed by atoms with Crippen LogP contribution in [0.4, 0.5) is 13.2 Å². The Morgan fingerprint density at radius 3 is 2.42 bits per heavy atom. The smallest absolute Gasteiger partial charge is 0.345 e. The second kappa shape index (κ2) is 7.99. The predicted molar refractivity (Wildman–Crippen MR) is 90.3 cm³/mol. The van der Waals surface area contributed by atoms with Crippen LogP contribution < -0.4 is 0 Å². The van der Waals surface area contributed by atoms with Gasteiger partial charge in [0, 0.05) is 32.9 Å². The number of halogens is 3. The summed E-state index contributed by atoms with van der Waals surface area (Å²) in [6.07, 6.45) is -0.609. The summed E-state index contributed by atoms with van der Waals surface area (Å²) >= 11 is 0. The average molecular weight is 395 g/mol. The van der Waals surface area contributed by atoms with E-state index in [9.17, 15) is 26.4 Å². The first-order chi connectivity index (χ1) is 12.1. The molecule has 148 valence electrons. The molecule has 6 nitrogen and oxygen atoms in total. The van der Waals surface area contributed by atoms with Crippen LogP contribution in [0.1, 0.15) is 43.1 Å². The highest BCUT2D eigenvalue weighted by Gasteiger charge is 2.35. The molecule has 10 heteroatoms. The van der Waals surface area contributed by atoms with Crippen molar-refractivity contribution in [3.05, 3.63) is 18.0 Å². The van der Waals surface area contributed by atoms with Crippen molar-refractivity contribution in [2.45, 2.75) is 43.7 Å². The van der Waals surface area contributed by atoms with Gasteiger partial charge in [-0.1, -0.05) is 13.3 Å². The van der Waals surface area contributed by atoms with E-state index in [-0.39, 0.29) is 17.1 Å². The summed E-state index contributed by atoms with van der Waals surface area (Å²) in [6, 6.07) is 1.17. The lowest BCUT2D eigenvalue weighted by Gasteiger charge is -2.24. The van der Waals surface area contributed by atoms with Gasteiger partial charge < -0.3 is 9.47 Å². The van der Waals surface area contributed by atoms with Gasteiger partial charge >= 0.3 is 6.18 Å². The number of sulfonamides is 1. The maximum absolute atomic E-state index is 12.8. The number of aromatic nitrogens is 1. The summed E-state index contributed by atoms with van der Waals surface area (Å²) in [5.41, 5.74) is -0.0666. The Bertz CT molecular complexity index is 738. The lowest BCUT2D eigenvalue weighted by molar-refractivity contribution is -0.140. The lowest BCUT2D eigenvalue weighted by atomic mass is 10.2. The zero-order chi connectivity index (χ0) is 19.5. The van der Waals surface area contributed by atoms with E-state index in [4.69, 9.17) is 0 Å². The molecule has 1 aromatic rings. The summed E-state index contributed by atoms with van der Waals surface area (Å²) in [5.74, 6) is -0.818. The van der Waals surface area contributed by atoms with Gasteiger partial charge in [0.15, 0.2) is 0 Å². The molecule has 0 aliphatic carbocycles. The molecular formula is C16H24F3N3O3S. The largest absolute Gasteiger partial charge is 0.406 e. The van der Waals surface area contributed by atoms with Crippen LogP contribution in [0.3, 0.4) is 0 Å². The van der Waals surface area contributed by atoms with E-state index in [1.54, 1.807) is 0 Å². The van der Waals surface area contributed by atoms with E-state index in [1.165, 1.54) is 28.2 Å². The molecule has 1 fully saturated rings. The Morgan fingerprint density at radius 2 is 1.88 bits per heavy atom. The second-order valence-corrected chi connectivity index (χ2v) is 8.42. The fourth-order valence-electron chi connectivity index (χ4n) is 2.95. The SMILES string of the molecule is CCCCN(CC(F)(F)F)C(=O)c1cc(S(=O)(=O)N2CCCC2)cn1C. The first kappa shape index (κ1) is 20.8. The van der Waals surface area contributed by atoms with Gasteiger partial charge in [-0.2, -0.15) is 17.5 Å². The van der Waals surface area contributed by atoms with Crippen molar-refractivity contribution in [1.29, 1.82) is 0 Å². The van der Waals surface area contributed by atoms with Crippen LogP contribution >= 0.6 is 0 Å². The fraction of sp³-hybridized carbons (Fsp3) is 0.688. The maximum atomic E-state index is 12.8. The topological polar surface area (TPSA) is 62.6 Å². The molecule has 0 saturated carbocycles. The molecule has 0 spiro atoms. The fourth-order valence-corrected chi connectivity index (χ4v) is 4.53. The molecule has 2 rings (SSSR count). The van der Waals surface area contributed by atoms with E-state index < -0.39 is 28.7 Å². The van der Waals surface area contributed by atoms with E-state index in [1.807, 2.05) is 6.92 Å². The van der Waals surface area contributed by atoms with Gasteiger partial charge in [-0.3, -0.25) is 4.79 Å². The average Bonchev–Trinajstić information content (AvgIpc) is 3.19. The third-order valence-electron chi connectivity index (χ3n) is 4.34. The molecule has 1 amide bonds. The second-order valence-electron chi connectivity index (χ2n) is 6.48. The zero-order valence-electron chi connectivity index (χ0n) is 14.9. The van der Waals surface area contributed by atoms with E-state index in [0.29, 0.717) is 25.9 Å². The predicted octanol–water partition coefficient (Wildman–Crippen LogP) is 2.61. The Labute approximate surface area is 151 Å². The zero-order valence-corrected chi connectivity index (χ0v) is 15.7. The van der Waals surface area contributed by atoms with Gasteiger partial charge in [0.1, 0.15) is 17.1 Å². The molecule has 2 heterocycles. The summed E-state index contributed by atoms with van der Waals surface area (Å²) in [5, 5.41) is 0. The summed E-state index contributed by atoms with van der Waals surface area (Å²) in [4.78, 5) is 13.3. The summed E-state index contributed by atoms with van der Waals surface area (Å²) in [7, 11) is -2.27. The number of hydrogen-bond donors (Lipinski definition) is 0. The van der Waals surface area contributed by atoms with Crippen LogP contribution in [0.25, 0.3) is 0 Å². The quantitative estimate of drug-likeness (QED) is 0.713. The summed E-state index contributed by atoms with van der Waals surface area (Å²) < 4.78 is 66.2. The van der Waals surface area contributed by atoms with Gasteiger partial charge in [-0.05, 0) is 25.3 Å². The lowest BCUT2D eigenvalue weighted by Crippen LogP contribution is -2.40. The Balaban J connectivity index is 2.28. The van der Waals surface area contributed by atoms with Gasteiger partial charge in [0.2, 0.25) is 10.0 Å². The highest BCUT2D eigenvalue weighted by atomic mass is 32.2. The molecule has 0 atom stereocenters. The third kappa shape index (κ3) is 4.79. The molecule has 0 aromatic carbocycles. The number of amides is 1. The maximum Gasteiger partial charge on any atom is 0.406 e. The molecule has 1 saturated heterocycles. The van der Waals surface area contributed by atoms with Crippen LogP contribution in [0, 0.1) is 0 Å². The van der Waals surface area contributed by atoms with Crippen LogP contribution in [0.2, 0.25) is 0 Å². The van der Waals surface area contributed by atoms with E-state index >= 15 is 0 Å². The number of aryl methyl sites for hydroxylation is 1. The minimum atomic E-state index is -4.51. The minimum Gasteiger partial charge on any atom is -0.345 e. The standard InChI is InChI=1S/C16H24F3N3O3S/c1-3-4-7-21(12-16(17,18)19)15(23)14-10-13(11-20(14)2)26(24,25)22-8-5-6-9-22/h10-11H,3-9,12H2,1-2H3. The minimum absolute atomic E-state index is 0.0335. The van der Waals surface area contributed by atoms with Crippen molar-refractivity contribution in [1.82, 2.24) is 13.8 Å². The highest BCUT2D eigenvalue weighted by Crippen LogP contribution is 2.24. The molecule has 1 aliphatic heterocycles. The highest BCUT2D eigenvalue weighted by molar-refractivity contribution is 7.89. The van der Waals surface area contributed by atoms with Crippen molar-refractivity contribution in [3.8, 4) is 0 Å². The Kier molecular flexibility index (Phi) is 6.38. The number of unbranched alkanes of at least 4 members (excludes halogenated alkanes) is 1. The van der Waals surface area contributed by atoms with Crippen LogP contribution in [0.5, 0.6) is 0 Å². The monoisotopic (exact) mass is 395 g/mol. The normalized spacial score (nSPS) is 16.2.